The van der Waals surface area contributed by atoms with Gasteiger partial charge in [-0.1, -0.05) is 19.3 Å². The van der Waals surface area contributed by atoms with E-state index in [-0.39, 0.29) is 12.2 Å². The van der Waals surface area contributed by atoms with Crippen LogP contribution in [0.4, 0.5) is 9.59 Å². The van der Waals surface area contributed by atoms with Crippen LogP contribution in [0.15, 0.2) is 0 Å². The lowest BCUT2D eigenvalue weighted by atomic mass is 9.89. The minimum atomic E-state index is -0.503. The summed E-state index contributed by atoms with van der Waals surface area (Å²) in [5.41, 5.74) is -0.999. The number of piperidine rings is 1. The van der Waals surface area contributed by atoms with Gasteiger partial charge in [0.15, 0.2) is 0 Å². The number of nitrogens with one attached hydrogen (secondary N) is 1. The number of rotatable bonds is 9. The molecule has 0 radical (unpaired) electrons. The van der Waals surface area contributed by atoms with E-state index in [2.05, 4.69) is 5.32 Å². The minimum Gasteiger partial charge on any atom is -0.444 e. The molecule has 0 bridgehead atoms. The van der Waals surface area contributed by atoms with E-state index in [1.807, 2.05) is 51.3 Å². The monoisotopic (exact) mass is 481 g/mol. The molecule has 2 amide bonds. The number of carbonyl (C=O) groups excluding carboxylic acids is 2. The summed E-state index contributed by atoms with van der Waals surface area (Å²) in [6.07, 6.45) is 9.65. The quantitative estimate of drug-likeness (QED) is 0.420. The summed E-state index contributed by atoms with van der Waals surface area (Å²) in [6.45, 7) is 16.4. The van der Waals surface area contributed by atoms with Crippen LogP contribution in [0.3, 0.4) is 0 Å². The third kappa shape index (κ3) is 11.8. The van der Waals surface area contributed by atoms with Crippen LogP contribution in [0.2, 0.25) is 0 Å². The molecule has 2 fully saturated rings. The van der Waals surface area contributed by atoms with E-state index in [0.29, 0.717) is 24.9 Å². The van der Waals surface area contributed by atoms with E-state index < -0.39 is 11.2 Å². The van der Waals surface area contributed by atoms with Crippen molar-refractivity contribution < 1.29 is 19.1 Å². The SMILES string of the molecule is CC(C)(C)OC(=O)N(CCCCN(CC1CCNCC1)C(=O)OC(C)(C)C)CC1CCCCC1. The molecule has 2 rings (SSSR count). The maximum absolute atomic E-state index is 12.9. The smallest absolute Gasteiger partial charge is 0.410 e. The zero-order valence-electron chi connectivity index (χ0n) is 22.8. The molecule has 1 saturated heterocycles. The molecule has 0 aromatic rings. The number of amides is 2. The van der Waals surface area contributed by atoms with Crippen LogP contribution >= 0.6 is 0 Å². The first kappa shape index (κ1) is 28.7. The van der Waals surface area contributed by atoms with Gasteiger partial charge in [-0.05, 0) is 105 Å². The van der Waals surface area contributed by atoms with Crippen LogP contribution in [0, 0.1) is 11.8 Å². The maximum atomic E-state index is 12.9. The van der Waals surface area contributed by atoms with Gasteiger partial charge in [-0.2, -0.15) is 0 Å². The lowest BCUT2D eigenvalue weighted by Gasteiger charge is -2.33. The topological polar surface area (TPSA) is 71.1 Å². The van der Waals surface area contributed by atoms with Gasteiger partial charge < -0.3 is 24.6 Å². The summed E-state index contributed by atoms with van der Waals surface area (Å²) in [4.78, 5) is 29.6. The van der Waals surface area contributed by atoms with Crippen LogP contribution < -0.4 is 5.32 Å². The van der Waals surface area contributed by atoms with Crippen LogP contribution in [0.1, 0.15) is 99.3 Å². The van der Waals surface area contributed by atoms with Crippen molar-refractivity contribution in [2.75, 3.05) is 39.3 Å². The molecule has 198 valence electrons. The van der Waals surface area contributed by atoms with Gasteiger partial charge in [-0.25, -0.2) is 9.59 Å². The zero-order valence-corrected chi connectivity index (χ0v) is 22.8. The van der Waals surface area contributed by atoms with Crippen molar-refractivity contribution >= 4 is 12.2 Å². The summed E-state index contributed by atoms with van der Waals surface area (Å²) >= 11 is 0. The van der Waals surface area contributed by atoms with E-state index in [9.17, 15) is 9.59 Å². The highest BCUT2D eigenvalue weighted by molar-refractivity contribution is 5.68. The zero-order chi connectivity index (χ0) is 25.2. The van der Waals surface area contributed by atoms with Gasteiger partial charge in [-0.3, -0.25) is 0 Å². The molecule has 34 heavy (non-hydrogen) atoms. The van der Waals surface area contributed by atoms with Crippen molar-refractivity contribution in [1.29, 1.82) is 0 Å². The Morgan fingerprint density at radius 3 is 1.53 bits per heavy atom. The predicted molar refractivity (Wildman–Crippen MR) is 137 cm³/mol. The summed E-state index contributed by atoms with van der Waals surface area (Å²) in [6, 6.07) is 0. The number of ether oxygens (including phenoxy) is 2. The average Bonchev–Trinajstić information content (AvgIpc) is 2.74. The molecule has 1 saturated carbocycles. The molecular formula is C27H51N3O4. The third-order valence-electron chi connectivity index (χ3n) is 6.55. The van der Waals surface area contributed by atoms with Crippen molar-refractivity contribution in [3.63, 3.8) is 0 Å². The van der Waals surface area contributed by atoms with Crippen molar-refractivity contribution in [3.05, 3.63) is 0 Å². The molecule has 0 aromatic heterocycles. The normalized spacial score (nSPS) is 18.4. The highest BCUT2D eigenvalue weighted by Crippen LogP contribution is 2.25. The summed E-state index contributed by atoms with van der Waals surface area (Å²) in [5, 5.41) is 3.40. The molecule has 0 spiro atoms. The predicted octanol–water partition coefficient (Wildman–Crippen LogP) is 5.82. The van der Waals surface area contributed by atoms with Gasteiger partial charge in [0.1, 0.15) is 11.2 Å². The second-order valence-corrected chi connectivity index (χ2v) is 12.3. The van der Waals surface area contributed by atoms with Crippen molar-refractivity contribution in [2.24, 2.45) is 11.8 Å². The lowest BCUT2D eigenvalue weighted by Crippen LogP contribution is -2.43. The Morgan fingerprint density at radius 1 is 0.706 bits per heavy atom. The molecule has 0 unspecified atom stereocenters. The molecule has 1 aliphatic heterocycles. The first-order chi connectivity index (χ1) is 15.9. The van der Waals surface area contributed by atoms with E-state index in [1.165, 1.54) is 32.1 Å². The number of hydrogen-bond acceptors (Lipinski definition) is 5. The van der Waals surface area contributed by atoms with Gasteiger partial charge in [0.05, 0.1) is 0 Å². The summed E-state index contributed by atoms with van der Waals surface area (Å²) in [5.74, 6) is 1.08. The fourth-order valence-electron chi connectivity index (χ4n) is 4.83. The molecule has 7 heteroatoms. The van der Waals surface area contributed by atoms with Crippen molar-refractivity contribution in [3.8, 4) is 0 Å². The summed E-state index contributed by atoms with van der Waals surface area (Å²) in [7, 11) is 0. The number of carbonyl (C=O) groups is 2. The summed E-state index contributed by atoms with van der Waals surface area (Å²) < 4.78 is 11.4. The van der Waals surface area contributed by atoms with Gasteiger partial charge in [0.2, 0.25) is 0 Å². The van der Waals surface area contributed by atoms with E-state index in [1.54, 1.807) is 0 Å². The van der Waals surface area contributed by atoms with E-state index in [0.717, 1.165) is 51.9 Å². The maximum Gasteiger partial charge on any atom is 0.410 e. The van der Waals surface area contributed by atoms with Crippen LogP contribution in [0.25, 0.3) is 0 Å². The first-order valence-corrected chi connectivity index (χ1v) is 13.6. The largest absolute Gasteiger partial charge is 0.444 e. The van der Waals surface area contributed by atoms with Crippen molar-refractivity contribution in [2.45, 2.75) is 111 Å². The number of unbranched alkanes of at least 4 members (excludes halogenated alkanes) is 1. The Bertz CT molecular complexity index is 560. The number of nitrogens with zero attached hydrogens (tertiary/aromatic N) is 2. The van der Waals surface area contributed by atoms with Crippen LogP contribution in [0.5, 0.6) is 0 Å². The van der Waals surface area contributed by atoms with Gasteiger partial charge >= 0.3 is 12.2 Å². The average molecular weight is 482 g/mol. The number of hydrogen-bond donors (Lipinski definition) is 1. The van der Waals surface area contributed by atoms with Crippen molar-refractivity contribution in [1.82, 2.24) is 15.1 Å². The third-order valence-corrected chi connectivity index (χ3v) is 6.55. The second-order valence-electron chi connectivity index (χ2n) is 12.3. The van der Waals surface area contributed by atoms with Gasteiger partial charge in [0.25, 0.3) is 0 Å². The highest BCUT2D eigenvalue weighted by atomic mass is 16.6. The van der Waals surface area contributed by atoms with Gasteiger partial charge in [-0.15, -0.1) is 0 Å². The minimum absolute atomic E-state index is 0.211. The fourth-order valence-corrected chi connectivity index (χ4v) is 4.83. The van der Waals surface area contributed by atoms with E-state index >= 15 is 0 Å². The molecular weight excluding hydrogens is 430 g/mol. The molecule has 0 aromatic carbocycles. The Morgan fingerprint density at radius 2 is 1.12 bits per heavy atom. The Hall–Kier alpha value is -1.50. The fraction of sp³-hybridized carbons (Fsp3) is 0.926. The standard InChI is InChI=1S/C27H51N3O4/c1-26(2,3)33-24(31)29(20-22-12-8-7-9-13-22)18-10-11-19-30(25(32)34-27(4,5)6)21-23-14-16-28-17-15-23/h22-23,28H,7-21H2,1-6H3. The van der Waals surface area contributed by atoms with Crippen LogP contribution in [-0.4, -0.2) is 72.5 Å². The Labute approximate surface area is 208 Å². The Kier molecular flexibility index (Phi) is 11.5. The Balaban J connectivity index is 1.91. The van der Waals surface area contributed by atoms with Gasteiger partial charge in [0, 0.05) is 26.2 Å². The molecule has 1 N–H and O–H groups in total. The first-order valence-electron chi connectivity index (χ1n) is 13.6. The van der Waals surface area contributed by atoms with Crippen LogP contribution in [-0.2, 0) is 9.47 Å². The molecule has 1 heterocycles. The van der Waals surface area contributed by atoms with E-state index in [4.69, 9.17) is 9.47 Å². The molecule has 2 aliphatic rings. The molecule has 0 atom stereocenters. The molecule has 7 nitrogen and oxygen atoms in total. The lowest BCUT2D eigenvalue weighted by molar-refractivity contribution is 0.0167. The molecule has 1 aliphatic carbocycles. The highest BCUT2D eigenvalue weighted by Gasteiger charge is 2.27. The second kappa shape index (κ2) is 13.6.